The highest BCUT2D eigenvalue weighted by Crippen LogP contribution is 2.19. The van der Waals surface area contributed by atoms with E-state index in [0.29, 0.717) is 0 Å². The fraction of sp³-hybridized carbons (Fsp3) is 0.333. The number of amides is 3. The topological polar surface area (TPSA) is 49.4 Å². The van der Waals surface area contributed by atoms with Crippen LogP contribution in [-0.4, -0.2) is 29.8 Å². The summed E-state index contributed by atoms with van der Waals surface area (Å²) in [6.45, 7) is 3.79. The van der Waals surface area contributed by atoms with Crippen molar-refractivity contribution in [2.24, 2.45) is 0 Å². The minimum atomic E-state index is -0.479. The van der Waals surface area contributed by atoms with Crippen LogP contribution in [0.25, 0.3) is 0 Å². The first-order valence-corrected chi connectivity index (χ1v) is 5.70. The number of hydrogen-bond donors (Lipinski definition) is 1. The van der Waals surface area contributed by atoms with Gasteiger partial charge in [0.2, 0.25) is 5.91 Å². The molecule has 0 aliphatic rings. The molecule has 0 aliphatic heterocycles. The molecule has 0 aromatic heterocycles. The van der Waals surface area contributed by atoms with Gasteiger partial charge in [-0.05, 0) is 25.0 Å². The van der Waals surface area contributed by atoms with E-state index < -0.39 is 11.9 Å². The van der Waals surface area contributed by atoms with E-state index in [4.69, 9.17) is 11.6 Å². The Balaban J connectivity index is 2.85. The van der Waals surface area contributed by atoms with Gasteiger partial charge in [0.1, 0.15) is 5.88 Å². The van der Waals surface area contributed by atoms with Crippen LogP contribution in [0.2, 0.25) is 0 Å². The zero-order valence-electron chi connectivity index (χ0n) is 10.1. The molecule has 0 aliphatic carbocycles. The highest BCUT2D eigenvalue weighted by atomic mass is 35.5. The highest BCUT2D eigenvalue weighted by molar-refractivity contribution is 6.28. The predicted molar refractivity (Wildman–Crippen MR) is 68.4 cm³/mol. The molecule has 17 heavy (non-hydrogen) atoms. The quantitative estimate of drug-likeness (QED) is 0.825. The Morgan fingerprint density at radius 2 is 1.82 bits per heavy atom. The highest BCUT2D eigenvalue weighted by Gasteiger charge is 2.16. The number of anilines is 1. The van der Waals surface area contributed by atoms with Gasteiger partial charge in [-0.15, -0.1) is 11.6 Å². The smallest absolute Gasteiger partial charge is 0.307 e. The Hall–Kier alpha value is -1.55. The summed E-state index contributed by atoms with van der Waals surface area (Å²) in [7, 11) is 1.40. The molecule has 4 nitrogen and oxygen atoms in total. The third-order valence-corrected chi connectivity index (χ3v) is 2.73. The van der Waals surface area contributed by atoms with Gasteiger partial charge in [-0.2, -0.15) is 0 Å². The second-order valence-electron chi connectivity index (χ2n) is 3.78. The molecule has 0 unspecified atom stereocenters. The maximum atomic E-state index is 11.8. The van der Waals surface area contributed by atoms with E-state index in [1.54, 1.807) is 0 Å². The van der Waals surface area contributed by atoms with E-state index in [9.17, 15) is 9.59 Å². The van der Waals surface area contributed by atoms with Crippen LogP contribution in [0.3, 0.4) is 0 Å². The first-order valence-electron chi connectivity index (χ1n) is 5.17. The van der Waals surface area contributed by atoms with Gasteiger partial charge in [-0.25, -0.2) is 4.79 Å². The number of hydrogen-bond acceptors (Lipinski definition) is 2. The number of rotatable bonds is 2. The van der Waals surface area contributed by atoms with Crippen LogP contribution < -0.4 is 5.32 Å². The first kappa shape index (κ1) is 13.5. The lowest BCUT2D eigenvalue weighted by molar-refractivity contribution is -0.124. The molecule has 1 aromatic rings. The molecule has 1 N–H and O–H groups in total. The summed E-state index contributed by atoms with van der Waals surface area (Å²) >= 11 is 5.39. The number of imide groups is 1. The normalized spacial score (nSPS) is 9.88. The van der Waals surface area contributed by atoms with Gasteiger partial charge in [-0.3, -0.25) is 9.69 Å². The molecular formula is C12H15ClN2O2. The number of alkyl halides is 1. The average Bonchev–Trinajstić information content (AvgIpc) is 2.31. The summed E-state index contributed by atoms with van der Waals surface area (Å²) in [6.07, 6.45) is 0. The van der Waals surface area contributed by atoms with E-state index in [1.165, 1.54) is 7.05 Å². The molecule has 0 fully saturated rings. The number of nitrogens with zero attached hydrogens (tertiary/aromatic N) is 1. The molecule has 0 spiro atoms. The van der Waals surface area contributed by atoms with E-state index in [1.807, 2.05) is 32.0 Å². The zero-order valence-corrected chi connectivity index (χ0v) is 10.8. The van der Waals surface area contributed by atoms with Crippen LogP contribution in [0.1, 0.15) is 11.1 Å². The minimum absolute atomic E-state index is 0.212. The molecule has 0 radical (unpaired) electrons. The van der Waals surface area contributed by atoms with Crippen LogP contribution in [0.15, 0.2) is 18.2 Å². The van der Waals surface area contributed by atoms with Crippen LogP contribution in [-0.2, 0) is 4.79 Å². The van der Waals surface area contributed by atoms with Crippen LogP contribution in [0.4, 0.5) is 10.5 Å². The van der Waals surface area contributed by atoms with Crippen molar-refractivity contribution in [3.05, 3.63) is 29.3 Å². The van der Waals surface area contributed by atoms with Gasteiger partial charge in [0.15, 0.2) is 0 Å². The van der Waals surface area contributed by atoms with Crippen LogP contribution in [0, 0.1) is 13.8 Å². The Bertz CT molecular complexity index is 426. The van der Waals surface area contributed by atoms with Gasteiger partial charge in [0.25, 0.3) is 0 Å². The number of benzene rings is 1. The number of urea groups is 1. The first-order chi connectivity index (χ1) is 7.97. The van der Waals surface area contributed by atoms with Gasteiger partial charge in [0.05, 0.1) is 0 Å². The molecule has 0 heterocycles. The number of aryl methyl sites for hydroxylation is 2. The lowest BCUT2D eigenvalue weighted by atomic mass is 10.1. The van der Waals surface area contributed by atoms with Crippen molar-refractivity contribution in [1.82, 2.24) is 4.90 Å². The molecule has 1 aromatic carbocycles. The third kappa shape index (κ3) is 3.20. The maximum absolute atomic E-state index is 11.8. The molecule has 1 rings (SSSR count). The SMILES string of the molecule is Cc1cccc(C)c1NC(=O)N(C)C(=O)CCl. The molecular weight excluding hydrogens is 240 g/mol. The number of carbonyl (C=O) groups is 2. The molecule has 0 saturated heterocycles. The average molecular weight is 255 g/mol. The predicted octanol–water partition coefficient (Wildman–Crippen LogP) is 2.53. The van der Waals surface area contributed by atoms with Crippen molar-refractivity contribution in [2.75, 3.05) is 18.2 Å². The second-order valence-corrected chi connectivity index (χ2v) is 4.05. The largest absolute Gasteiger partial charge is 0.328 e. The summed E-state index contributed by atoms with van der Waals surface area (Å²) in [4.78, 5) is 24.0. The molecule has 0 atom stereocenters. The summed E-state index contributed by atoms with van der Waals surface area (Å²) in [6, 6.07) is 5.22. The minimum Gasteiger partial charge on any atom is -0.307 e. The van der Waals surface area contributed by atoms with Crippen molar-refractivity contribution in [2.45, 2.75) is 13.8 Å². The summed E-state index contributed by atoms with van der Waals surface area (Å²) in [5.41, 5.74) is 2.63. The monoisotopic (exact) mass is 254 g/mol. The fourth-order valence-corrected chi connectivity index (χ4v) is 1.58. The second kappa shape index (κ2) is 5.68. The number of nitrogens with one attached hydrogen (secondary N) is 1. The lowest BCUT2D eigenvalue weighted by Gasteiger charge is -2.17. The van der Waals surface area contributed by atoms with E-state index in [0.717, 1.165) is 21.7 Å². The van der Waals surface area contributed by atoms with E-state index in [-0.39, 0.29) is 5.88 Å². The van der Waals surface area contributed by atoms with Crippen molar-refractivity contribution in [1.29, 1.82) is 0 Å². The van der Waals surface area contributed by atoms with Gasteiger partial charge in [-0.1, -0.05) is 18.2 Å². The number of halogens is 1. The van der Waals surface area contributed by atoms with Crippen LogP contribution in [0.5, 0.6) is 0 Å². The summed E-state index contributed by atoms with van der Waals surface area (Å²) < 4.78 is 0. The van der Waals surface area contributed by atoms with Crippen molar-refractivity contribution >= 4 is 29.2 Å². The Morgan fingerprint density at radius 3 is 2.29 bits per heavy atom. The molecule has 92 valence electrons. The van der Waals surface area contributed by atoms with Crippen molar-refractivity contribution in [3.63, 3.8) is 0 Å². The molecule has 5 heteroatoms. The van der Waals surface area contributed by atoms with E-state index >= 15 is 0 Å². The molecule has 0 bridgehead atoms. The zero-order chi connectivity index (χ0) is 13.0. The Kier molecular flexibility index (Phi) is 4.52. The van der Waals surface area contributed by atoms with Crippen molar-refractivity contribution in [3.8, 4) is 0 Å². The van der Waals surface area contributed by atoms with Gasteiger partial charge >= 0.3 is 6.03 Å². The van der Waals surface area contributed by atoms with Gasteiger partial charge < -0.3 is 5.32 Å². The number of para-hydroxylation sites is 1. The fourth-order valence-electron chi connectivity index (χ4n) is 1.41. The van der Waals surface area contributed by atoms with Crippen molar-refractivity contribution < 1.29 is 9.59 Å². The summed E-state index contributed by atoms with van der Waals surface area (Å²) in [5, 5.41) is 2.70. The van der Waals surface area contributed by atoms with Crippen LogP contribution >= 0.6 is 11.6 Å². The standard InChI is InChI=1S/C12H15ClN2O2/c1-8-5-4-6-9(2)11(8)14-12(17)15(3)10(16)7-13/h4-6H,7H2,1-3H3,(H,14,17). The maximum Gasteiger partial charge on any atom is 0.328 e. The van der Waals surface area contributed by atoms with E-state index in [2.05, 4.69) is 5.32 Å². The lowest BCUT2D eigenvalue weighted by Crippen LogP contribution is -2.37. The molecule has 3 amide bonds. The van der Waals surface area contributed by atoms with Gasteiger partial charge in [0, 0.05) is 12.7 Å². The Morgan fingerprint density at radius 1 is 1.29 bits per heavy atom. The Labute approximate surface area is 106 Å². The summed E-state index contributed by atoms with van der Waals surface area (Å²) in [5.74, 6) is -0.646. The number of carbonyl (C=O) groups excluding carboxylic acids is 2. The molecule has 0 saturated carbocycles. The third-order valence-electron chi connectivity index (χ3n) is 2.51.